The lowest BCUT2D eigenvalue weighted by Crippen LogP contribution is -2.27. The minimum absolute atomic E-state index is 0.147. The Morgan fingerprint density at radius 2 is 1.67 bits per heavy atom. The van der Waals surface area contributed by atoms with Crippen molar-refractivity contribution in [3.8, 4) is 0 Å². The molecule has 7 heteroatoms. The molecule has 2 unspecified atom stereocenters. The fourth-order valence-corrected chi connectivity index (χ4v) is 6.10. The summed E-state index contributed by atoms with van der Waals surface area (Å²) in [6, 6.07) is 0. The van der Waals surface area contributed by atoms with Crippen molar-refractivity contribution in [3.05, 3.63) is 23.7 Å². The first kappa shape index (κ1) is 32.0. The third-order valence-electron chi connectivity index (χ3n) is 8.54. The molecule has 224 valence electrons. The molecule has 1 aliphatic carbocycles. The summed E-state index contributed by atoms with van der Waals surface area (Å²) in [7, 11) is 0. The van der Waals surface area contributed by atoms with Crippen molar-refractivity contribution in [3.63, 3.8) is 0 Å². The molecule has 0 radical (unpaired) electrons. The number of carbonyl (C=O) groups is 1. The van der Waals surface area contributed by atoms with E-state index in [1.807, 2.05) is 0 Å². The lowest BCUT2D eigenvalue weighted by molar-refractivity contribution is -0.170. The Morgan fingerprint density at radius 1 is 0.949 bits per heavy atom. The van der Waals surface area contributed by atoms with Gasteiger partial charge in [-0.25, -0.2) is 4.79 Å². The van der Waals surface area contributed by atoms with Gasteiger partial charge in [0.15, 0.2) is 12.6 Å². The Hall–Kier alpha value is -1.57. The van der Waals surface area contributed by atoms with Gasteiger partial charge in [0.2, 0.25) is 5.76 Å². The van der Waals surface area contributed by atoms with Crippen LogP contribution < -0.4 is 0 Å². The fraction of sp³-hybridized carbons (Fsp3) is 0.844. The standard InChI is InChI=1S/C32H54O7/c1-3-4-13-24(2)14-5-6-15-25-20-21-27(33)26(25)16-7-8-17-28(38-29-18-9-11-22-36-29)31(32(34)35)39-30-19-10-12-23-37-30/h6,15,24-27,29-30,33H,3-5,7-14,16-23H2,1-2H3,(H,34,35)/b15-6+,31-28+/t24-,25-,26+,27-,29?,30?/m0/s1. The maximum atomic E-state index is 12.2. The first-order valence-electron chi connectivity index (χ1n) is 15.9. The maximum absolute atomic E-state index is 12.2. The van der Waals surface area contributed by atoms with Crippen LogP contribution in [0.5, 0.6) is 0 Å². The number of aliphatic hydroxyl groups is 1. The Morgan fingerprint density at radius 3 is 2.31 bits per heavy atom. The number of hydrogen-bond acceptors (Lipinski definition) is 6. The van der Waals surface area contributed by atoms with Crippen LogP contribution in [-0.2, 0) is 23.7 Å². The summed E-state index contributed by atoms with van der Waals surface area (Å²) in [5.41, 5.74) is 0. The third-order valence-corrected chi connectivity index (χ3v) is 8.54. The summed E-state index contributed by atoms with van der Waals surface area (Å²) in [6.45, 7) is 5.80. The van der Waals surface area contributed by atoms with Crippen molar-refractivity contribution in [1.29, 1.82) is 0 Å². The van der Waals surface area contributed by atoms with Crippen molar-refractivity contribution in [2.24, 2.45) is 17.8 Å². The van der Waals surface area contributed by atoms with Crippen molar-refractivity contribution in [1.82, 2.24) is 0 Å². The number of aliphatic carboxylic acids is 1. The summed E-state index contributed by atoms with van der Waals surface area (Å²) in [4.78, 5) is 12.2. The highest BCUT2D eigenvalue weighted by Crippen LogP contribution is 2.37. The number of ether oxygens (including phenoxy) is 4. The largest absolute Gasteiger partial charge is 0.475 e. The van der Waals surface area contributed by atoms with E-state index in [1.165, 1.54) is 25.7 Å². The van der Waals surface area contributed by atoms with Crippen molar-refractivity contribution < 1.29 is 34.0 Å². The van der Waals surface area contributed by atoms with Crippen LogP contribution in [0.25, 0.3) is 0 Å². The Bertz CT molecular complexity index is 752. The molecule has 0 bridgehead atoms. The number of aliphatic hydroxyl groups excluding tert-OH is 1. The molecule has 3 rings (SSSR count). The van der Waals surface area contributed by atoms with Crippen LogP contribution in [0.15, 0.2) is 23.7 Å². The highest BCUT2D eigenvalue weighted by atomic mass is 16.7. The van der Waals surface area contributed by atoms with Gasteiger partial charge >= 0.3 is 5.97 Å². The zero-order chi connectivity index (χ0) is 27.9. The average molecular weight is 551 g/mol. The van der Waals surface area contributed by atoms with E-state index in [0.29, 0.717) is 37.7 Å². The van der Waals surface area contributed by atoms with E-state index in [1.54, 1.807) is 0 Å². The van der Waals surface area contributed by atoms with Gasteiger partial charge in [-0.2, -0.15) is 0 Å². The molecule has 6 atom stereocenters. The van der Waals surface area contributed by atoms with Crippen LogP contribution in [-0.4, -0.2) is 48.1 Å². The molecule has 1 saturated carbocycles. The first-order chi connectivity index (χ1) is 19.0. The second kappa shape index (κ2) is 18.0. The van der Waals surface area contributed by atoms with Crippen molar-refractivity contribution in [2.45, 2.75) is 142 Å². The zero-order valence-corrected chi connectivity index (χ0v) is 24.5. The Kier molecular flexibility index (Phi) is 14.7. The highest BCUT2D eigenvalue weighted by molar-refractivity contribution is 5.84. The second-order valence-electron chi connectivity index (χ2n) is 11.9. The van der Waals surface area contributed by atoms with E-state index in [9.17, 15) is 15.0 Å². The van der Waals surface area contributed by atoms with Gasteiger partial charge in [0.25, 0.3) is 0 Å². The molecule has 2 saturated heterocycles. The van der Waals surface area contributed by atoms with Crippen LogP contribution in [0.3, 0.4) is 0 Å². The average Bonchev–Trinajstić information content (AvgIpc) is 3.30. The van der Waals surface area contributed by atoms with E-state index >= 15 is 0 Å². The molecular weight excluding hydrogens is 496 g/mol. The number of hydrogen-bond donors (Lipinski definition) is 2. The third kappa shape index (κ3) is 11.4. The zero-order valence-electron chi connectivity index (χ0n) is 24.5. The number of carboxylic acid groups (broad SMARTS) is 1. The molecule has 0 aromatic heterocycles. The molecule has 2 N–H and O–H groups in total. The molecule has 0 aromatic rings. The van der Waals surface area contributed by atoms with E-state index < -0.39 is 18.5 Å². The van der Waals surface area contributed by atoms with Crippen LogP contribution in [0.4, 0.5) is 0 Å². The summed E-state index contributed by atoms with van der Waals surface area (Å²) in [6.07, 6.45) is 20.0. The van der Waals surface area contributed by atoms with E-state index in [4.69, 9.17) is 18.9 Å². The Labute approximate surface area is 236 Å². The predicted molar refractivity (Wildman–Crippen MR) is 152 cm³/mol. The summed E-state index contributed by atoms with van der Waals surface area (Å²) >= 11 is 0. The first-order valence-corrected chi connectivity index (χ1v) is 15.9. The molecule has 7 nitrogen and oxygen atoms in total. The van der Waals surface area contributed by atoms with Crippen LogP contribution in [0.1, 0.15) is 123 Å². The van der Waals surface area contributed by atoms with Crippen LogP contribution >= 0.6 is 0 Å². The summed E-state index contributed by atoms with van der Waals surface area (Å²) < 4.78 is 23.4. The predicted octanol–water partition coefficient (Wildman–Crippen LogP) is 7.48. The van der Waals surface area contributed by atoms with Gasteiger partial charge in [-0.05, 0) is 82.0 Å². The lowest BCUT2D eigenvalue weighted by atomic mass is 9.88. The SMILES string of the molecule is CCCC[C@H](C)CC/C=C/[C@H]1CC[C@H](O)[C@@H]1CCCC/C(OC1CCCCO1)=C(\OC1CCCCO1)C(=O)O. The lowest BCUT2D eigenvalue weighted by Gasteiger charge is -2.28. The highest BCUT2D eigenvalue weighted by Gasteiger charge is 2.33. The van der Waals surface area contributed by atoms with Crippen molar-refractivity contribution >= 4 is 5.97 Å². The van der Waals surface area contributed by atoms with Crippen LogP contribution in [0.2, 0.25) is 0 Å². The monoisotopic (exact) mass is 550 g/mol. The van der Waals surface area contributed by atoms with Gasteiger partial charge in [0.1, 0.15) is 5.76 Å². The summed E-state index contributed by atoms with van der Waals surface area (Å²) in [5, 5.41) is 20.7. The minimum Gasteiger partial charge on any atom is -0.475 e. The normalized spacial score (nSPS) is 29.3. The molecule has 0 spiro atoms. The number of unbranched alkanes of at least 4 members (excludes halogenated alkanes) is 2. The smallest absolute Gasteiger partial charge is 0.374 e. The molecule has 3 aliphatic rings. The summed E-state index contributed by atoms with van der Waals surface area (Å²) in [5.74, 6) is 0.534. The molecule has 39 heavy (non-hydrogen) atoms. The van der Waals surface area contributed by atoms with E-state index in [-0.39, 0.29) is 17.8 Å². The minimum atomic E-state index is -1.13. The Balaban J connectivity index is 1.53. The van der Waals surface area contributed by atoms with Gasteiger partial charge in [0.05, 0.1) is 19.3 Å². The molecule has 2 heterocycles. The maximum Gasteiger partial charge on any atom is 0.374 e. The van der Waals surface area contributed by atoms with Crippen LogP contribution in [0, 0.1) is 17.8 Å². The van der Waals surface area contributed by atoms with Gasteiger partial charge < -0.3 is 29.2 Å². The van der Waals surface area contributed by atoms with Gasteiger partial charge in [-0.1, -0.05) is 51.7 Å². The molecule has 2 aliphatic heterocycles. The van der Waals surface area contributed by atoms with E-state index in [2.05, 4.69) is 26.0 Å². The number of carboxylic acids is 1. The molecule has 3 fully saturated rings. The topological polar surface area (TPSA) is 94.5 Å². The second-order valence-corrected chi connectivity index (χ2v) is 11.9. The van der Waals surface area contributed by atoms with E-state index in [0.717, 1.165) is 76.5 Å². The molecule has 0 amide bonds. The fourth-order valence-electron chi connectivity index (χ4n) is 6.10. The number of rotatable bonds is 17. The quantitative estimate of drug-likeness (QED) is 0.0839. The van der Waals surface area contributed by atoms with Gasteiger partial charge in [-0.3, -0.25) is 0 Å². The number of allylic oxidation sites excluding steroid dienone is 3. The molecular formula is C32H54O7. The van der Waals surface area contributed by atoms with Crippen molar-refractivity contribution in [2.75, 3.05) is 13.2 Å². The molecule has 0 aromatic carbocycles. The van der Waals surface area contributed by atoms with Gasteiger partial charge in [-0.15, -0.1) is 0 Å². The van der Waals surface area contributed by atoms with Gasteiger partial charge in [0, 0.05) is 19.3 Å².